The van der Waals surface area contributed by atoms with Crippen LogP contribution in [-0.2, 0) is 22.6 Å². The second-order valence-electron chi connectivity index (χ2n) is 11.2. The molecular formula is C32H40N6O4. The number of amides is 1. The van der Waals surface area contributed by atoms with E-state index < -0.39 is 11.9 Å². The summed E-state index contributed by atoms with van der Waals surface area (Å²) in [7, 11) is 0. The molecule has 2 aromatic carbocycles. The van der Waals surface area contributed by atoms with E-state index in [0.717, 1.165) is 75.8 Å². The van der Waals surface area contributed by atoms with Crippen LogP contribution in [-0.4, -0.2) is 52.8 Å². The maximum absolute atomic E-state index is 13.0. The van der Waals surface area contributed by atoms with Crippen LogP contribution in [0.15, 0.2) is 67.0 Å². The van der Waals surface area contributed by atoms with Crippen molar-refractivity contribution in [2.75, 3.05) is 24.5 Å². The van der Waals surface area contributed by atoms with Gasteiger partial charge >= 0.3 is 5.97 Å². The zero-order valence-electron chi connectivity index (χ0n) is 23.9. The number of hydroxylamine groups is 1. The van der Waals surface area contributed by atoms with Crippen molar-refractivity contribution in [3.63, 3.8) is 0 Å². The summed E-state index contributed by atoms with van der Waals surface area (Å²) >= 11 is 0. The van der Waals surface area contributed by atoms with Crippen LogP contribution in [0.4, 0.5) is 5.95 Å². The Morgan fingerprint density at radius 3 is 2.19 bits per heavy atom. The zero-order chi connectivity index (χ0) is 29.1. The molecule has 222 valence electrons. The molecule has 0 unspecified atom stereocenters. The maximum Gasteiger partial charge on any atom is 0.328 e. The fraction of sp³-hybridized carbons (Fsp3) is 0.438. The summed E-state index contributed by atoms with van der Waals surface area (Å²) in [6.45, 7) is 4.03. The van der Waals surface area contributed by atoms with E-state index in [1.54, 1.807) is 5.48 Å². The van der Waals surface area contributed by atoms with Crippen molar-refractivity contribution in [1.29, 1.82) is 0 Å². The second kappa shape index (κ2) is 14.9. The number of rotatable bonds is 12. The molecule has 1 amide bonds. The van der Waals surface area contributed by atoms with Gasteiger partial charge in [-0.25, -0.2) is 20.2 Å². The average Bonchev–Trinajstić information content (AvgIpc) is 3.55. The van der Waals surface area contributed by atoms with Gasteiger partial charge in [0.1, 0.15) is 12.1 Å². The number of aromatic nitrogens is 2. The van der Waals surface area contributed by atoms with Gasteiger partial charge in [-0.3, -0.25) is 15.3 Å². The number of carbonyl (C=O) groups excluding carboxylic acids is 2. The molecule has 0 bridgehead atoms. The third-order valence-electron chi connectivity index (χ3n) is 8.15. The number of piperidine rings is 1. The Hall–Kier alpha value is -3.86. The predicted molar refractivity (Wildman–Crippen MR) is 159 cm³/mol. The van der Waals surface area contributed by atoms with E-state index in [2.05, 4.69) is 49.8 Å². The number of hydrogen-bond donors (Lipinski definition) is 4. The molecule has 1 saturated carbocycles. The van der Waals surface area contributed by atoms with Crippen molar-refractivity contribution >= 4 is 17.8 Å². The van der Waals surface area contributed by atoms with Crippen LogP contribution in [0.2, 0.25) is 0 Å². The first-order valence-corrected chi connectivity index (χ1v) is 14.9. The average molecular weight is 573 g/mol. The number of esters is 1. The third-order valence-corrected chi connectivity index (χ3v) is 8.15. The molecule has 3 aromatic rings. The van der Waals surface area contributed by atoms with Gasteiger partial charge in [0.15, 0.2) is 0 Å². The maximum atomic E-state index is 13.0. The summed E-state index contributed by atoms with van der Waals surface area (Å²) in [5.74, 6) is 0.359. The minimum atomic E-state index is -0.620. The van der Waals surface area contributed by atoms with Crippen LogP contribution in [0.3, 0.4) is 0 Å². The van der Waals surface area contributed by atoms with E-state index in [0.29, 0.717) is 18.4 Å². The lowest BCUT2D eigenvalue weighted by atomic mass is 9.97. The Labute approximate surface area is 246 Å². The highest BCUT2D eigenvalue weighted by Gasteiger charge is 2.26. The SMILES string of the molecule is O=C(NO)c1cnc(N2CCC(CNCc3ccc(CN[C@H](C(=O)OC4CCCC4)c4ccccc4)cc3)CC2)nc1. The summed E-state index contributed by atoms with van der Waals surface area (Å²) < 4.78 is 5.83. The Kier molecular flexibility index (Phi) is 10.5. The zero-order valence-corrected chi connectivity index (χ0v) is 23.9. The van der Waals surface area contributed by atoms with E-state index in [1.165, 1.54) is 18.0 Å². The quantitative estimate of drug-likeness (QED) is 0.145. The molecule has 2 fully saturated rings. The van der Waals surface area contributed by atoms with E-state index in [1.807, 2.05) is 30.3 Å². The van der Waals surface area contributed by atoms with Gasteiger partial charge < -0.3 is 15.0 Å². The molecule has 4 N–H and O–H groups in total. The number of hydrogen-bond acceptors (Lipinski definition) is 9. The minimum Gasteiger partial charge on any atom is -0.461 e. The number of ether oxygens (including phenoxy) is 1. The van der Waals surface area contributed by atoms with Gasteiger partial charge in [0.2, 0.25) is 5.95 Å². The Balaban J connectivity index is 1.04. The first-order chi connectivity index (χ1) is 20.6. The highest BCUT2D eigenvalue weighted by Crippen LogP contribution is 2.24. The normalized spacial score (nSPS) is 16.7. The Morgan fingerprint density at radius 2 is 1.55 bits per heavy atom. The van der Waals surface area contributed by atoms with E-state index in [-0.39, 0.29) is 17.6 Å². The fourth-order valence-corrected chi connectivity index (χ4v) is 5.64. The number of benzene rings is 2. The van der Waals surface area contributed by atoms with Gasteiger partial charge in [0.05, 0.1) is 5.56 Å². The molecule has 10 heteroatoms. The molecule has 10 nitrogen and oxygen atoms in total. The van der Waals surface area contributed by atoms with Crippen molar-refractivity contribution in [3.05, 3.63) is 89.2 Å². The summed E-state index contributed by atoms with van der Waals surface area (Å²) in [6.07, 6.45) is 9.13. The molecule has 0 spiro atoms. The molecule has 1 aromatic heterocycles. The predicted octanol–water partition coefficient (Wildman–Crippen LogP) is 3.92. The van der Waals surface area contributed by atoms with Gasteiger partial charge in [-0.05, 0) is 67.7 Å². The summed E-state index contributed by atoms with van der Waals surface area (Å²) in [6, 6.07) is 17.8. The van der Waals surface area contributed by atoms with Gasteiger partial charge in [-0.2, -0.15) is 0 Å². The summed E-state index contributed by atoms with van der Waals surface area (Å²) in [5.41, 5.74) is 5.07. The van der Waals surface area contributed by atoms with Gasteiger partial charge in [-0.15, -0.1) is 0 Å². The van der Waals surface area contributed by atoms with Crippen LogP contribution in [0.5, 0.6) is 0 Å². The lowest BCUT2D eigenvalue weighted by Gasteiger charge is -2.32. The highest BCUT2D eigenvalue weighted by molar-refractivity contribution is 5.92. The summed E-state index contributed by atoms with van der Waals surface area (Å²) in [4.78, 5) is 35.2. The van der Waals surface area contributed by atoms with Gasteiger partial charge in [-0.1, -0.05) is 54.6 Å². The standard InChI is InChI=1S/C32H40N6O4/c39-30(37-41)27-21-35-32(36-22-27)38-16-14-25(15-17-38)19-33-18-23-10-12-24(13-11-23)20-34-29(26-6-2-1-3-7-26)31(40)42-28-8-4-5-9-28/h1-3,6-7,10-13,21-22,25,28-29,33-34,41H,4-5,8-9,14-20H2,(H,37,39)/t29-/m0/s1. The lowest BCUT2D eigenvalue weighted by molar-refractivity contribution is -0.151. The van der Waals surface area contributed by atoms with Crippen molar-refractivity contribution in [3.8, 4) is 0 Å². The molecular weight excluding hydrogens is 532 g/mol. The second-order valence-corrected chi connectivity index (χ2v) is 11.2. The van der Waals surface area contributed by atoms with Crippen LogP contribution < -0.4 is 21.0 Å². The number of nitrogens with one attached hydrogen (secondary N) is 3. The van der Waals surface area contributed by atoms with Crippen LogP contribution in [0.25, 0.3) is 0 Å². The fourth-order valence-electron chi connectivity index (χ4n) is 5.64. The highest BCUT2D eigenvalue weighted by atomic mass is 16.5. The number of carbonyl (C=O) groups is 2. The van der Waals surface area contributed by atoms with Crippen molar-refractivity contribution in [2.24, 2.45) is 5.92 Å². The summed E-state index contributed by atoms with van der Waals surface area (Å²) in [5, 5.41) is 15.8. The molecule has 2 aliphatic rings. The topological polar surface area (TPSA) is 129 Å². The molecule has 5 rings (SSSR count). The molecule has 1 atom stereocenters. The monoisotopic (exact) mass is 572 g/mol. The largest absolute Gasteiger partial charge is 0.461 e. The van der Waals surface area contributed by atoms with E-state index >= 15 is 0 Å². The number of nitrogens with zero attached hydrogens (tertiary/aromatic N) is 3. The first-order valence-electron chi connectivity index (χ1n) is 14.9. The lowest BCUT2D eigenvalue weighted by Crippen LogP contribution is -2.38. The minimum absolute atomic E-state index is 0.0418. The van der Waals surface area contributed by atoms with E-state index in [4.69, 9.17) is 9.94 Å². The Bertz CT molecular complexity index is 1270. The van der Waals surface area contributed by atoms with Crippen LogP contribution >= 0.6 is 0 Å². The first kappa shape index (κ1) is 29.6. The van der Waals surface area contributed by atoms with Crippen molar-refractivity contribution < 1.29 is 19.5 Å². The van der Waals surface area contributed by atoms with E-state index in [9.17, 15) is 9.59 Å². The van der Waals surface area contributed by atoms with Crippen molar-refractivity contribution in [2.45, 2.75) is 63.8 Å². The van der Waals surface area contributed by atoms with Crippen LogP contribution in [0, 0.1) is 5.92 Å². The number of anilines is 1. The van der Waals surface area contributed by atoms with Crippen molar-refractivity contribution in [1.82, 2.24) is 26.1 Å². The van der Waals surface area contributed by atoms with Gasteiger partial charge in [0, 0.05) is 38.6 Å². The smallest absolute Gasteiger partial charge is 0.328 e. The molecule has 1 saturated heterocycles. The molecule has 42 heavy (non-hydrogen) atoms. The third kappa shape index (κ3) is 8.12. The molecule has 1 aliphatic heterocycles. The molecule has 1 aliphatic carbocycles. The molecule has 2 heterocycles. The van der Waals surface area contributed by atoms with Gasteiger partial charge in [0.25, 0.3) is 5.91 Å². The van der Waals surface area contributed by atoms with Crippen LogP contribution in [0.1, 0.15) is 71.6 Å². The molecule has 0 radical (unpaired) electrons. The Morgan fingerprint density at radius 1 is 0.905 bits per heavy atom.